The van der Waals surface area contributed by atoms with E-state index in [1.54, 1.807) is 6.08 Å². The number of carbonyl (C=O) groups is 2. The number of imide groups is 1. The van der Waals surface area contributed by atoms with Gasteiger partial charge < -0.3 is 10.1 Å². The van der Waals surface area contributed by atoms with Gasteiger partial charge in [-0.2, -0.15) is 0 Å². The van der Waals surface area contributed by atoms with Gasteiger partial charge in [-0.05, 0) is 81.4 Å². The van der Waals surface area contributed by atoms with Crippen molar-refractivity contribution in [3.05, 3.63) is 78.6 Å². The normalized spacial score (nSPS) is 15.1. The molecule has 1 fully saturated rings. The highest BCUT2D eigenvalue weighted by Gasteiger charge is 2.32. The number of hydrogen-bond donors (Lipinski definition) is 1. The molecule has 1 aliphatic heterocycles. The Kier molecular flexibility index (Phi) is 6.76. The summed E-state index contributed by atoms with van der Waals surface area (Å²) in [6.45, 7) is 6.29. The van der Waals surface area contributed by atoms with E-state index in [1.165, 1.54) is 11.6 Å². The Bertz CT molecular complexity index is 945. The van der Waals surface area contributed by atoms with Gasteiger partial charge in [0.2, 0.25) is 0 Å². The number of amides is 3. The first kappa shape index (κ1) is 20.8. The van der Waals surface area contributed by atoms with Gasteiger partial charge >= 0.3 is 6.03 Å². The third-order valence-electron chi connectivity index (χ3n) is 4.11. The molecule has 2 aromatic rings. The molecule has 7 heteroatoms. The van der Waals surface area contributed by atoms with Crippen LogP contribution in [0, 0.1) is 14.1 Å². The van der Waals surface area contributed by atoms with E-state index in [-0.39, 0.29) is 18.1 Å². The molecular formula is C21H18I2N2O3. The zero-order chi connectivity index (χ0) is 20.3. The van der Waals surface area contributed by atoms with Crippen LogP contribution in [0.25, 0.3) is 6.08 Å². The summed E-state index contributed by atoms with van der Waals surface area (Å²) in [6.07, 6.45) is 3.20. The van der Waals surface area contributed by atoms with Crippen molar-refractivity contribution in [2.75, 3.05) is 6.54 Å². The predicted molar refractivity (Wildman–Crippen MR) is 126 cm³/mol. The fourth-order valence-corrected chi connectivity index (χ4v) is 4.80. The second kappa shape index (κ2) is 9.08. The molecule has 1 heterocycles. The molecule has 144 valence electrons. The predicted octanol–water partition coefficient (Wildman–Crippen LogP) is 4.86. The third-order valence-corrected chi connectivity index (χ3v) is 5.71. The molecule has 2 aromatic carbocycles. The number of urea groups is 1. The average Bonchev–Trinajstić information content (AvgIpc) is 2.90. The summed E-state index contributed by atoms with van der Waals surface area (Å²) < 4.78 is 7.88. The first-order valence-corrected chi connectivity index (χ1v) is 10.7. The van der Waals surface area contributed by atoms with E-state index in [1.807, 2.05) is 12.1 Å². The summed E-state index contributed by atoms with van der Waals surface area (Å²) in [5, 5.41) is 2.61. The number of ether oxygens (including phenoxy) is 1. The fourth-order valence-electron chi connectivity index (χ4n) is 2.67. The largest absolute Gasteiger partial charge is 0.487 e. The Hall–Kier alpha value is -1.88. The Morgan fingerprint density at radius 3 is 2.39 bits per heavy atom. The monoisotopic (exact) mass is 600 g/mol. The van der Waals surface area contributed by atoms with E-state index < -0.39 is 6.03 Å². The molecule has 1 saturated heterocycles. The molecule has 0 saturated carbocycles. The van der Waals surface area contributed by atoms with Crippen LogP contribution >= 0.6 is 45.2 Å². The number of nitrogens with one attached hydrogen (secondary N) is 1. The number of carbonyl (C=O) groups excluding carboxylic acids is 2. The Morgan fingerprint density at radius 2 is 1.79 bits per heavy atom. The average molecular weight is 600 g/mol. The van der Waals surface area contributed by atoms with Crippen LogP contribution in [-0.4, -0.2) is 23.4 Å². The lowest BCUT2D eigenvalue weighted by molar-refractivity contribution is -0.122. The second-order valence-electron chi connectivity index (χ2n) is 6.28. The van der Waals surface area contributed by atoms with E-state index in [9.17, 15) is 9.59 Å². The van der Waals surface area contributed by atoms with Gasteiger partial charge in [-0.25, -0.2) is 4.79 Å². The highest BCUT2D eigenvalue weighted by atomic mass is 127. The van der Waals surface area contributed by atoms with Crippen LogP contribution in [0.5, 0.6) is 5.75 Å². The molecule has 0 aliphatic carbocycles. The maximum absolute atomic E-state index is 12.3. The summed E-state index contributed by atoms with van der Waals surface area (Å²) in [6, 6.07) is 11.7. The zero-order valence-corrected chi connectivity index (χ0v) is 19.5. The summed E-state index contributed by atoms with van der Waals surface area (Å²) in [5.74, 6) is 0.452. The van der Waals surface area contributed by atoms with Crippen molar-refractivity contribution < 1.29 is 14.3 Å². The van der Waals surface area contributed by atoms with Gasteiger partial charge in [0, 0.05) is 6.54 Å². The maximum atomic E-state index is 12.3. The van der Waals surface area contributed by atoms with Crippen molar-refractivity contribution in [2.24, 2.45) is 0 Å². The summed E-state index contributed by atoms with van der Waals surface area (Å²) in [4.78, 5) is 25.3. The highest BCUT2D eigenvalue weighted by Crippen LogP contribution is 2.31. The number of aryl methyl sites for hydroxylation is 1. The zero-order valence-electron chi connectivity index (χ0n) is 15.2. The van der Waals surface area contributed by atoms with Gasteiger partial charge in [0.05, 0.1) is 7.14 Å². The molecule has 1 aliphatic rings. The van der Waals surface area contributed by atoms with Crippen LogP contribution < -0.4 is 10.1 Å². The van der Waals surface area contributed by atoms with Crippen molar-refractivity contribution in [3.63, 3.8) is 0 Å². The lowest BCUT2D eigenvalue weighted by Gasteiger charge is -2.12. The molecule has 0 bridgehead atoms. The minimum Gasteiger partial charge on any atom is -0.487 e. The molecule has 0 atom stereocenters. The van der Waals surface area contributed by atoms with E-state index >= 15 is 0 Å². The summed E-state index contributed by atoms with van der Waals surface area (Å²) in [5.41, 5.74) is 3.39. The lowest BCUT2D eigenvalue weighted by Crippen LogP contribution is -2.30. The lowest BCUT2D eigenvalue weighted by atomic mass is 10.1. The Labute approximate surface area is 191 Å². The van der Waals surface area contributed by atoms with Gasteiger partial charge in [-0.1, -0.05) is 35.9 Å². The van der Waals surface area contributed by atoms with Crippen molar-refractivity contribution in [3.8, 4) is 5.75 Å². The van der Waals surface area contributed by atoms with Crippen LogP contribution in [0.4, 0.5) is 4.79 Å². The number of nitrogens with zero attached hydrogens (tertiary/aromatic N) is 1. The molecule has 0 radical (unpaired) electrons. The summed E-state index contributed by atoms with van der Waals surface area (Å²) >= 11 is 4.44. The fraction of sp³-hybridized carbons (Fsp3) is 0.143. The van der Waals surface area contributed by atoms with Crippen LogP contribution in [0.2, 0.25) is 0 Å². The van der Waals surface area contributed by atoms with Gasteiger partial charge in [-0.3, -0.25) is 9.69 Å². The van der Waals surface area contributed by atoms with E-state index in [2.05, 4.69) is 88.3 Å². The Balaban J connectivity index is 1.78. The molecule has 1 N–H and O–H groups in total. The first-order chi connectivity index (χ1) is 13.4. The maximum Gasteiger partial charge on any atom is 0.329 e. The topological polar surface area (TPSA) is 58.6 Å². The van der Waals surface area contributed by atoms with Gasteiger partial charge in [-0.15, -0.1) is 6.58 Å². The standard InChI is InChI=1S/C21H18I2N2O3/c1-3-8-25-20(26)18(24-21(25)27)11-15-9-16(22)19(17(23)10-15)28-12-14-6-4-13(2)5-7-14/h3-7,9-11H,1,8,12H2,2H3,(H,24,27)/b18-11+. The summed E-state index contributed by atoms with van der Waals surface area (Å²) in [7, 11) is 0. The van der Waals surface area contributed by atoms with Crippen molar-refractivity contribution in [1.29, 1.82) is 0 Å². The molecule has 0 unspecified atom stereocenters. The smallest absolute Gasteiger partial charge is 0.329 e. The minimum atomic E-state index is -0.432. The first-order valence-electron chi connectivity index (χ1n) is 8.52. The minimum absolute atomic E-state index is 0.183. The molecule has 0 aromatic heterocycles. The molecule has 5 nitrogen and oxygen atoms in total. The molecular weight excluding hydrogens is 582 g/mol. The van der Waals surface area contributed by atoms with Crippen molar-refractivity contribution in [1.82, 2.24) is 10.2 Å². The molecule has 3 rings (SSSR count). The van der Waals surface area contributed by atoms with Gasteiger partial charge in [0.1, 0.15) is 18.1 Å². The van der Waals surface area contributed by atoms with Crippen LogP contribution in [0.3, 0.4) is 0 Å². The van der Waals surface area contributed by atoms with Crippen LogP contribution in [0.15, 0.2) is 54.8 Å². The molecule has 3 amide bonds. The Morgan fingerprint density at radius 1 is 1.14 bits per heavy atom. The van der Waals surface area contributed by atoms with E-state index in [0.29, 0.717) is 6.61 Å². The third kappa shape index (κ3) is 4.75. The second-order valence-corrected chi connectivity index (χ2v) is 8.60. The quantitative estimate of drug-likeness (QED) is 0.223. The van der Waals surface area contributed by atoms with E-state index in [0.717, 1.165) is 28.9 Å². The SMILES string of the molecule is C=CCN1C(=O)N/C(=C/c2cc(I)c(OCc3ccc(C)cc3)c(I)c2)C1=O. The highest BCUT2D eigenvalue weighted by molar-refractivity contribution is 14.1. The number of benzene rings is 2. The van der Waals surface area contributed by atoms with Gasteiger partial charge in [0.25, 0.3) is 5.91 Å². The number of halogens is 2. The molecule has 0 spiro atoms. The number of hydrogen-bond acceptors (Lipinski definition) is 3. The van der Waals surface area contributed by atoms with Crippen molar-refractivity contribution in [2.45, 2.75) is 13.5 Å². The molecule has 28 heavy (non-hydrogen) atoms. The number of rotatable bonds is 6. The van der Waals surface area contributed by atoms with Crippen molar-refractivity contribution >= 4 is 63.2 Å². The van der Waals surface area contributed by atoms with Crippen LogP contribution in [0.1, 0.15) is 16.7 Å². The van der Waals surface area contributed by atoms with Gasteiger partial charge in [0.15, 0.2) is 0 Å². The van der Waals surface area contributed by atoms with Crippen LogP contribution in [-0.2, 0) is 11.4 Å². The van der Waals surface area contributed by atoms with E-state index in [4.69, 9.17) is 4.74 Å².